The quantitative estimate of drug-likeness (QED) is 0.324. The first-order valence-electron chi connectivity index (χ1n) is 11.6. The number of halogens is 3. The number of nitrogens with two attached hydrogens (primary N) is 1. The summed E-state index contributed by atoms with van der Waals surface area (Å²) in [5, 5.41) is 16.3. The smallest absolute Gasteiger partial charge is 0.451 e. The van der Waals surface area contributed by atoms with Gasteiger partial charge in [-0.15, -0.1) is 0 Å². The van der Waals surface area contributed by atoms with Gasteiger partial charge >= 0.3 is 12.1 Å². The van der Waals surface area contributed by atoms with Crippen LogP contribution >= 0.6 is 0 Å². The van der Waals surface area contributed by atoms with Crippen LogP contribution in [-0.4, -0.2) is 67.5 Å². The predicted octanol–water partition coefficient (Wildman–Crippen LogP) is 1.74. The minimum Gasteiger partial charge on any atom is -0.451 e. The van der Waals surface area contributed by atoms with Crippen molar-refractivity contribution in [1.82, 2.24) is 24.8 Å². The van der Waals surface area contributed by atoms with Gasteiger partial charge in [0.25, 0.3) is 0 Å². The van der Waals surface area contributed by atoms with Gasteiger partial charge in [0, 0.05) is 13.0 Å². The summed E-state index contributed by atoms with van der Waals surface area (Å²) >= 11 is 0. The third-order valence-electron chi connectivity index (χ3n) is 6.11. The SMILES string of the molecule is CCC(=O)NC1C[C@@H](n2cnc3c(N)nc(NCCc4ccccc4)nc32)[C@H](OC(=O)C(F)(F)F)C1O. The zero-order valence-corrected chi connectivity index (χ0v) is 19.8. The maximum atomic E-state index is 13.0. The van der Waals surface area contributed by atoms with Crippen LogP contribution in [0.1, 0.15) is 31.4 Å². The minimum absolute atomic E-state index is 0.0316. The Balaban J connectivity index is 1.62. The molecule has 1 aliphatic carbocycles. The molecule has 11 nitrogen and oxygen atoms in total. The predicted molar refractivity (Wildman–Crippen MR) is 126 cm³/mol. The first kappa shape index (κ1) is 26.1. The molecule has 1 saturated carbocycles. The van der Waals surface area contributed by atoms with Crippen LogP contribution in [0, 0.1) is 0 Å². The Kier molecular flexibility index (Phi) is 7.47. The molecule has 3 aromatic rings. The number of rotatable bonds is 8. The highest BCUT2D eigenvalue weighted by Gasteiger charge is 2.51. The van der Waals surface area contributed by atoms with Gasteiger partial charge in [0.2, 0.25) is 11.9 Å². The molecule has 198 valence electrons. The molecule has 2 aromatic heterocycles. The van der Waals surface area contributed by atoms with Crippen LogP contribution in [0.4, 0.5) is 24.9 Å². The summed E-state index contributed by atoms with van der Waals surface area (Å²) in [5.74, 6) is -2.67. The van der Waals surface area contributed by atoms with Gasteiger partial charge in [-0.1, -0.05) is 37.3 Å². The number of imidazole rings is 1. The minimum atomic E-state index is -5.27. The van der Waals surface area contributed by atoms with E-state index in [1.165, 1.54) is 10.9 Å². The lowest BCUT2D eigenvalue weighted by Gasteiger charge is -2.24. The lowest BCUT2D eigenvalue weighted by atomic mass is 10.1. The van der Waals surface area contributed by atoms with Crippen molar-refractivity contribution >= 4 is 34.8 Å². The Bertz CT molecular complexity index is 1270. The van der Waals surface area contributed by atoms with Crippen molar-refractivity contribution in [1.29, 1.82) is 0 Å². The summed E-state index contributed by atoms with van der Waals surface area (Å²) in [6, 6.07) is 7.69. The highest BCUT2D eigenvalue weighted by molar-refractivity contribution is 5.83. The Morgan fingerprint density at radius 2 is 1.97 bits per heavy atom. The van der Waals surface area contributed by atoms with Crippen molar-refractivity contribution in [3.8, 4) is 0 Å². The molecule has 2 heterocycles. The number of alkyl halides is 3. The molecule has 2 unspecified atom stereocenters. The third-order valence-corrected chi connectivity index (χ3v) is 6.11. The van der Waals surface area contributed by atoms with Crippen LogP contribution in [0.2, 0.25) is 0 Å². The number of carbonyl (C=O) groups is 2. The van der Waals surface area contributed by atoms with Crippen LogP contribution in [-0.2, 0) is 20.7 Å². The molecule has 4 atom stereocenters. The molecular weight excluding hydrogens is 495 g/mol. The van der Waals surface area contributed by atoms with Crippen LogP contribution in [0.5, 0.6) is 0 Å². The molecule has 0 aliphatic heterocycles. The number of aliphatic hydroxyl groups excluding tert-OH is 1. The molecule has 4 rings (SSSR count). The molecule has 1 aliphatic rings. The van der Waals surface area contributed by atoms with E-state index in [4.69, 9.17) is 5.73 Å². The molecule has 1 aromatic carbocycles. The molecule has 0 spiro atoms. The lowest BCUT2D eigenvalue weighted by molar-refractivity contribution is -0.209. The second-order valence-electron chi connectivity index (χ2n) is 8.61. The number of nitrogen functional groups attached to an aromatic ring is 1. The van der Waals surface area contributed by atoms with Crippen molar-refractivity contribution in [3.05, 3.63) is 42.2 Å². The number of esters is 1. The number of anilines is 2. The van der Waals surface area contributed by atoms with E-state index in [-0.39, 0.29) is 35.8 Å². The average molecular weight is 522 g/mol. The van der Waals surface area contributed by atoms with Crippen molar-refractivity contribution < 1.29 is 32.6 Å². The topological polar surface area (TPSA) is 157 Å². The van der Waals surface area contributed by atoms with E-state index in [0.717, 1.165) is 5.56 Å². The fraction of sp³-hybridized carbons (Fsp3) is 0.435. The summed E-state index contributed by atoms with van der Waals surface area (Å²) in [7, 11) is 0. The number of benzene rings is 1. The highest BCUT2D eigenvalue weighted by Crippen LogP contribution is 2.37. The number of aliphatic hydroxyl groups is 1. The molecule has 0 saturated heterocycles. The van der Waals surface area contributed by atoms with E-state index in [1.54, 1.807) is 6.92 Å². The largest absolute Gasteiger partial charge is 0.490 e. The summed E-state index contributed by atoms with van der Waals surface area (Å²) in [4.78, 5) is 36.4. The van der Waals surface area contributed by atoms with Crippen LogP contribution in [0.25, 0.3) is 11.2 Å². The fourth-order valence-electron chi connectivity index (χ4n) is 4.28. The van der Waals surface area contributed by atoms with E-state index < -0.39 is 42.3 Å². The summed E-state index contributed by atoms with van der Waals surface area (Å²) < 4.78 is 45.0. The number of amides is 1. The molecule has 0 radical (unpaired) electrons. The average Bonchev–Trinajstić information content (AvgIpc) is 3.41. The Hall–Kier alpha value is -3.94. The van der Waals surface area contributed by atoms with E-state index in [0.29, 0.717) is 13.0 Å². The van der Waals surface area contributed by atoms with Crippen LogP contribution < -0.4 is 16.4 Å². The van der Waals surface area contributed by atoms with E-state index >= 15 is 0 Å². The number of nitrogens with one attached hydrogen (secondary N) is 2. The standard InChI is InChI=1S/C23H26F3N7O4/c1-2-15(34)30-13-10-14(18(17(13)35)37-21(36)23(24,25)26)33-11-29-16-19(27)31-22(32-20(16)33)28-9-8-12-6-4-3-5-7-12/h3-7,11,13-14,17-18,35H,2,8-10H2,1H3,(H,30,34)(H3,27,28,31,32)/t13?,14-,17?,18+/m1/s1. The van der Waals surface area contributed by atoms with Gasteiger partial charge in [-0.2, -0.15) is 23.1 Å². The van der Waals surface area contributed by atoms with Crippen molar-refractivity contribution in [2.75, 3.05) is 17.6 Å². The van der Waals surface area contributed by atoms with Gasteiger partial charge in [0.05, 0.1) is 18.4 Å². The normalized spacial score (nSPS) is 21.6. The fourth-order valence-corrected chi connectivity index (χ4v) is 4.28. The van der Waals surface area contributed by atoms with Gasteiger partial charge in [-0.05, 0) is 18.4 Å². The maximum absolute atomic E-state index is 13.0. The first-order chi connectivity index (χ1) is 17.6. The van der Waals surface area contributed by atoms with Gasteiger partial charge in [-0.25, -0.2) is 9.78 Å². The second kappa shape index (κ2) is 10.6. The van der Waals surface area contributed by atoms with Crippen LogP contribution in [0.15, 0.2) is 36.7 Å². The number of fused-ring (bicyclic) bond motifs is 1. The number of ether oxygens (including phenoxy) is 1. The maximum Gasteiger partial charge on any atom is 0.490 e. The van der Waals surface area contributed by atoms with Gasteiger partial charge in [0.15, 0.2) is 17.6 Å². The molecule has 1 amide bonds. The first-order valence-corrected chi connectivity index (χ1v) is 11.6. The molecule has 0 bridgehead atoms. The van der Waals surface area contributed by atoms with Gasteiger partial charge in [0.1, 0.15) is 11.6 Å². The van der Waals surface area contributed by atoms with Gasteiger partial charge in [-0.3, -0.25) is 4.79 Å². The molecular formula is C23H26F3N7O4. The summed E-state index contributed by atoms with van der Waals surface area (Å²) in [5.41, 5.74) is 7.50. The molecule has 14 heteroatoms. The Labute approximate surface area is 209 Å². The lowest BCUT2D eigenvalue weighted by Crippen LogP contribution is -2.45. The third kappa shape index (κ3) is 5.74. The van der Waals surface area contributed by atoms with E-state index in [9.17, 15) is 27.9 Å². The molecule has 1 fully saturated rings. The van der Waals surface area contributed by atoms with Crippen LogP contribution in [0.3, 0.4) is 0 Å². The van der Waals surface area contributed by atoms with Crippen molar-refractivity contribution in [3.63, 3.8) is 0 Å². The van der Waals surface area contributed by atoms with Crippen molar-refractivity contribution in [2.24, 2.45) is 0 Å². The number of nitrogens with zero attached hydrogens (tertiary/aromatic N) is 4. The second-order valence-corrected chi connectivity index (χ2v) is 8.61. The van der Waals surface area contributed by atoms with E-state index in [2.05, 4.69) is 30.3 Å². The molecule has 5 N–H and O–H groups in total. The summed E-state index contributed by atoms with van der Waals surface area (Å²) in [6.07, 6.45) is -6.52. The number of carbonyl (C=O) groups excluding carboxylic acids is 2. The number of hydrogen-bond donors (Lipinski definition) is 4. The number of hydrogen-bond acceptors (Lipinski definition) is 9. The zero-order valence-electron chi connectivity index (χ0n) is 19.8. The monoisotopic (exact) mass is 521 g/mol. The Morgan fingerprint density at radius 1 is 1.24 bits per heavy atom. The van der Waals surface area contributed by atoms with Gasteiger partial charge < -0.3 is 30.8 Å². The highest BCUT2D eigenvalue weighted by atomic mass is 19.4. The summed E-state index contributed by atoms with van der Waals surface area (Å²) in [6.45, 7) is 2.06. The zero-order chi connectivity index (χ0) is 26.7. The van der Waals surface area contributed by atoms with E-state index in [1.807, 2.05) is 30.3 Å². The number of aromatic nitrogens is 4. The molecule has 37 heavy (non-hydrogen) atoms. The Morgan fingerprint density at radius 3 is 2.65 bits per heavy atom. The van der Waals surface area contributed by atoms with Crippen molar-refractivity contribution in [2.45, 2.75) is 56.7 Å².